The third kappa shape index (κ3) is 4.29. The van der Waals surface area contributed by atoms with Gasteiger partial charge in [0, 0.05) is 12.6 Å². The van der Waals surface area contributed by atoms with Crippen molar-refractivity contribution in [2.24, 2.45) is 7.05 Å². The Morgan fingerprint density at radius 1 is 1.15 bits per heavy atom. The summed E-state index contributed by atoms with van der Waals surface area (Å²) in [6.07, 6.45) is 1.38. The second-order valence-corrected chi connectivity index (χ2v) is 7.27. The molecule has 0 aliphatic carbocycles. The summed E-state index contributed by atoms with van der Waals surface area (Å²) in [6.45, 7) is 0.185. The molecule has 27 heavy (non-hydrogen) atoms. The number of anilines is 1. The quantitative estimate of drug-likeness (QED) is 0.667. The number of rotatable bonds is 6. The number of sulfonamides is 1. The average molecular weight is 389 g/mol. The third-order valence-electron chi connectivity index (χ3n) is 3.76. The monoisotopic (exact) mass is 389 g/mol. The fourth-order valence-corrected chi connectivity index (χ4v) is 3.34. The molecule has 1 heterocycles. The lowest BCUT2D eigenvalue weighted by Crippen LogP contribution is -2.24. The lowest BCUT2D eigenvalue weighted by Gasteiger charge is -2.09. The number of carbonyl (C=O) groups is 1. The van der Waals surface area contributed by atoms with Crippen LogP contribution in [0.2, 0.25) is 0 Å². The number of nitrogens with one attached hydrogen (secondary N) is 2. The van der Waals surface area contributed by atoms with Gasteiger partial charge in [0.25, 0.3) is 15.9 Å². The summed E-state index contributed by atoms with van der Waals surface area (Å²) in [5.41, 5.74) is 0.130. The van der Waals surface area contributed by atoms with E-state index in [4.69, 9.17) is 0 Å². The Kier molecular flexibility index (Phi) is 5.17. The summed E-state index contributed by atoms with van der Waals surface area (Å²) < 4.78 is 42.1. The van der Waals surface area contributed by atoms with Gasteiger partial charge in [0.05, 0.1) is 17.1 Å². The van der Waals surface area contributed by atoms with Crippen LogP contribution in [-0.4, -0.2) is 29.1 Å². The summed E-state index contributed by atoms with van der Waals surface area (Å²) >= 11 is 0. The van der Waals surface area contributed by atoms with Crippen LogP contribution in [0, 0.1) is 5.82 Å². The molecule has 3 aromatic rings. The molecule has 0 radical (unpaired) electrons. The maximum Gasteiger partial charge on any atom is 0.261 e. The summed E-state index contributed by atoms with van der Waals surface area (Å²) in [5.74, 6) is -0.485. The number of amides is 1. The minimum absolute atomic E-state index is 0.0874. The van der Waals surface area contributed by atoms with Crippen molar-refractivity contribution in [1.82, 2.24) is 20.1 Å². The number of aryl methyl sites for hydroxylation is 1. The zero-order chi connectivity index (χ0) is 19.4. The highest BCUT2D eigenvalue weighted by atomic mass is 32.2. The molecule has 0 unspecified atom stereocenters. The van der Waals surface area contributed by atoms with Crippen molar-refractivity contribution in [3.8, 4) is 0 Å². The van der Waals surface area contributed by atoms with Crippen LogP contribution < -0.4 is 10.0 Å². The molecular formula is C17H16FN5O3S. The van der Waals surface area contributed by atoms with Crippen molar-refractivity contribution < 1.29 is 17.6 Å². The largest absolute Gasteiger partial charge is 0.345 e. The van der Waals surface area contributed by atoms with Crippen molar-refractivity contribution in [3.05, 3.63) is 72.1 Å². The molecule has 8 nitrogen and oxygen atoms in total. The summed E-state index contributed by atoms with van der Waals surface area (Å²) in [7, 11) is -2.27. The Labute approximate surface area is 155 Å². The van der Waals surface area contributed by atoms with Gasteiger partial charge in [-0.3, -0.25) is 14.2 Å². The summed E-state index contributed by atoms with van der Waals surface area (Å²) in [4.78, 5) is 16.1. The third-order valence-corrected chi connectivity index (χ3v) is 5.14. The zero-order valence-electron chi connectivity index (χ0n) is 14.3. The second-order valence-electron chi connectivity index (χ2n) is 5.59. The number of carbonyl (C=O) groups excluding carboxylic acids is 1. The molecule has 10 heteroatoms. The molecular weight excluding hydrogens is 373 g/mol. The van der Waals surface area contributed by atoms with E-state index < -0.39 is 15.8 Å². The molecule has 0 fully saturated rings. The first kappa shape index (κ1) is 18.5. The van der Waals surface area contributed by atoms with Gasteiger partial charge in [-0.25, -0.2) is 17.8 Å². The lowest BCUT2D eigenvalue weighted by atomic mass is 10.2. The number of nitrogens with zero attached hydrogens (tertiary/aromatic N) is 3. The average Bonchev–Trinajstić information content (AvgIpc) is 3.06. The number of para-hydroxylation sites is 1. The SMILES string of the molecule is Cn1ncnc1CNC(=O)c1ccc(S(=O)(=O)Nc2ccccc2F)cc1. The molecule has 1 aromatic heterocycles. The molecule has 0 spiro atoms. The minimum atomic E-state index is -3.97. The highest BCUT2D eigenvalue weighted by Crippen LogP contribution is 2.19. The molecule has 2 aromatic carbocycles. The number of halogens is 1. The Morgan fingerprint density at radius 2 is 1.85 bits per heavy atom. The van der Waals surface area contributed by atoms with E-state index in [1.807, 2.05) is 0 Å². The van der Waals surface area contributed by atoms with E-state index in [0.717, 1.165) is 6.07 Å². The van der Waals surface area contributed by atoms with E-state index in [1.54, 1.807) is 7.05 Å². The molecule has 0 aliphatic rings. The fraction of sp³-hybridized carbons (Fsp3) is 0.118. The van der Waals surface area contributed by atoms with E-state index in [2.05, 4.69) is 20.1 Å². The van der Waals surface area contributed by atoms with Gasteiger partial charge in [-0.2, -0.15) is 5.10 Å². The number of aromatic nitrogens is 3. The van der Waals surface area contributed by atoms with Gasteiger partial charge in [0.15, 0.2) is 0 Å². The van der Waals surface area contributed by atoms with Gasteiger partial charge < -0.3 is 5.32 Å². The predicted molar refractivity (Wildman–Crippen MR) is 95.8 cm³/mol. The fourth-order valence-electron chi connectivity index (χ4n) is 2.27. The molecule has 140 valence electrons. The molecule has 0 bridgehead atoms. The van der Waals surface area contributed by atoms with Crippen LogP contribution in [0.25, 0.3) is 0 Å². The van der Waals surface area contributed by atoms with E-state index >= 15 is 0 Å². The van der Waals surface area contributed by atoms with E-state index in [9.17, 15) is 17.6 Å². The second kappa shape index (κ2) is 7.54. The lowest BCUT2D eigenvalue weighted by molar-refractivity contribution is 0.0949. The molecule has 0 saturated carbocycles. The molecule has 0 aliphatic heterocycles. The van der Waals surface area contributed by atoms with Crippen LogP contribution in [0.15, 0.2) is 59.8 Å². The highest BCUT2D eigenvalue weighted by molar-refractivity contribution is 7.92. The van der Waals surface area contributed by atoms with Crippen molar-refractivity contribution in [2.45, 2.75) is 11.4 Å². The normalized spacial score (nSPS) is 11.2. The Bertz CT molecular complexity index is 1060. The van der Waals surface area contributed by atoms with E-state index in [1.165, 1.54) is 53.5 Å². The number of hydrogen-bond donors (Lipinski definition) is 2. The van der Waals surface area contributed by atoms with Crippen LogP contribution in [0.4, 0.5) is 10.1 Å². The Morgan fingerprint density at radius 3 is 2.48 bits per heavy atom. The highest BCUT2D eigenvalue weighted by Gasteiger charge is 2.17. The Hall–Kier alpha value is -3.27. The minimum Gasteiger partial charge on any atom is -0.345 e. The maximum atomic E-state index is 13.6. The van der Waals surface area contributed by atoms with Crippen molar-refractivity contribution in [3.63, 3.8) is 0 Å². The van der Waals surface area contributed by atoms with E-state index in [0.29, 0.717) is 5.82 Å². The van der Waals surface area contributed by atoms with Crippen LogP contribution in [-0.2, 0) is 23.6 Å². The van der Waals surface area contributed by atoms with Gasteiger partial charge in [0.1, 0.15) is 18.0 Å². The van der Waals surface area contributed by atoms with E-state index in [-0.39, 0.29) is 28.6 Å². The van der Waals surface area contributed by atoms with Crippen molar-refractivity contribution >= 4 is 21.6 Å². The number of benzene rings is 2. The van der Waals surface area contributed by atoms with Crippen LogP contribution in [0.5, 0.6) is 0 Å². The maximum absolute atomic E-state index is 13.6. The topological polar surface area (TPSA) is 106 Å². The number of hydrogen-bond acceptors (Lipinski definition) is 5. The first-order chi connectivity index (χ1) is 12.9. The van der Waals surface area contributed by atoms with Gasteiger partial charge in [0.2, 0.25) is 0 Å². The summed E-state index contributed by atoms with van der Waals surface area (Å²) in [6, 6.07) is 10.8. The predicted octanol–water partition coefficient (Wildman–Crippen LogP) is 1.68. The van der Waals surface area contributed by atoms with Crippen molar-refractivity contribution in [2.75, 3.05) is 4.72 Å². The first-order valence-corrected chi connectivity index (χ1v) is 9.33. The Balaban J connectivity index is 1.69. The van der Waals surface area contributed by atoms with Crippen LogP contribution in [0.3, 0.4) is 0 Å². The van der Waals surface area contributed by atoms with Gasteiger partial charge in [-0.1, -0.05) is 12.1 Å². The molecule has 1 amide bonds. The van der Waals surface area contributed by atoms with Crippen molar-refractivity contribution in [1.29, 1.82) is 0 Å². The van der Waals surface area contributed by atoms with Gasteiger partial charge in [-0.15, -0.1) is 0 Å². The molecule has 0 atom stereocenters. The molecule has 0 saturated heterocycles. The molecule has 2 N–H and O–H groups in total. The first-order valence-electron chi connectivity index (χ1n) is 7.85. The van der Waals surface area contributed by atoms with Crippen LogP contribution in [0.1, 0.15) is 16.2 Å². The standard InChI is InChI=1S/C17H16FN5O3S/c1-23-16(20-11-21-23)10-19-17(24)12-6-8-13(9-7-12)27(25,26)22-15-5-3-2-4-14(15)18/h2-9,11,22H,10H2,1H3,(H,19,24). The van der Waals surface area contributed by atoms with Gasteiger partial charge in [-0.05, 0) is 36.4 Å². The molecule has 3 rings (SSSR count). The van der Waals surface area contributed by atoms with Crippen LogP contribution >= 0.6 is 0 Å². The smallest absolute Gasteiger partial charge is 0.261 e. The zero-order valence-corrected chi connectivity index (χ0v) is 15.1. The van der Waals surface area contributed by atoms with Gasteiger partial charge >= 0.3 is 0 Å². The summed E-state index contributed by atoms with van der Waals surface area (Å²) in [5, 5.41) is 6.57.